The number of hydrogen-bond donors (Lipinski definition) is 2. The normalized spacial score (nSPS) is 11.5. The van der Waals surface area contributed by atoms with Crippen LogP contribution in [0, 0.1) is 0 Å². The van der Waals surface area contributed by atoms with Crippen molar-refractivity contribution in [2.75, 3.05) is 13.2 Å². The van der Waals surface area contributed by atoms with E-state index in [4.69, 9.17) is 4.74 Å². The standard InChI is InChI=1S/C25H26N2O3/c1-19(25(20-11-5-2-6-12-20)21-13-7-3-8-14-21)27-23(28)17-26-24(29)18-30-22-15-9-4-10-16-22/h2-16,19,25H,17-18H2,1H3,(H,26,29)(H,27,28). The Balaban J connectivity index is 1.54. The van der Waals surface area contributed by atoms with Gasteiger partial charge in [-0.1, -0.05) is 78.9 Å². The van der Waals surface area contributed by atoms with Gasteiger partial charge in [0.1, 0.15) is 5.75 Å². The van der Waals surface area contributed by atoms with Crippen LogP contribution in [0.5, 0.6) is 5.75 Å². The highest BCUT2D eigenvalue weighted by Crippen LogP contribution is 2.27. The second kappa shape index (κ2) is 10.8. The average molecular weight is 402 g/mol. The van der Waals surface area contributed by atoms with Gasteiger partial charge in [0.25, 0.3) is 5.91 Å². The Morgan fingerprint density at radius 1 is 0.767 bits per heavy atom. The number of para-hydroxylation sites is 1. The van der Waals surface area contributed by atoms with E-state index in [1.165, 1.54) is 0 Å². The van der Waals surface area contributed by atoms with Crippen molar-refractivity contribution in [1.29, 1.82) is 0 Å². The zero-order chi connectivity index (χ0) is 21.2. The predicted octanol–water partition coefficient (Wildman–Crippen LogP) is 3.52. The summed E-state index contributed by atoms with van der Waals surface area (Å²) in [7, 11) is 0. The molecule has 2 N–H and O–H groups in total. The smallest absolute Gasteiger partial charge is 0.258 e. The van der Waals surface area contributed by atoms with E-state index in [-0.39, 0.29) is 36.9 Å². The molecule has 3 aromatic rings. The third-order valence-corrected chi connectivity index (χ3v) is 4.77. The maximum atomic E-state index is 12.4. The molecule has 5 nitrogen and oxygen atoms in total. The molecule has 0 bridgehead atoms. The Hall–Kier alpha value is -3.60. The number of hydrogen-bond acceptors (Lipinski definition) is 3. The number of carbonyl (C=O) groups excluding carboxylic acids is 2. The lowest BCUT2D eigenvalue weighted by molar-refractivity contribution is -0.127. The third-order valence-electron chi connectivity index (χ3n) is 4.77. The fourth-order valence-corrected chi connectivity index (χ4v) is 3.37. The van der Waals surface area contributed by atoms with Crippen LogP contribution in [0.15, 0.2) is 91.0 Å². The van der Waals surface area contributed by atoms with Crippen LogP contribution in [0.4, 0.5) is 0 Å². The maximum absolute atomic E-state index is 12.4. The van der Waals surface area contributed by atoms with Gasteiger partial charge >= 0.3 is 0 Å². The van der Waals surface area contributed by atoms with Gasteiger partial charge in [-0.25, -0.2) is 0 Å². The van der Waals surface area contributed by atoms with Gasteiger partial charge in [-0.2, -0.15) is 0 Å². The first-order valence-electron chi connectivity index (χ1n) is 9.97. The summed E-state index contributed by atoms with van der Waals surface area (Å²) in [6, 6.07) is 29.1. The highest BCUT2D eigenvalue weighted by Gasteiger charge is 2.22. The van der Waals surface area contributed by atoms with E-state index >= 15 is 0 Å². The lowest BCUT2D eigenvalue weighted by Gasteiger charge is -2.26. The highest BCUT2D eigenvalue weighted by atomic mass is 16.5. The summed E-state index contributed by atoms with van der Waals surface area (Å²) in [6.45, 7) is 1.74. The number of carbonyl (C=O) groups is 2. The molecule has 2 amide bonds. The summed E-state index contributed by atoms with van der Waals surface area (Å²) in [5.41, 5.74) is 2.24. The quantitative estimate of drug-likeness (QED) is 0.576. The van der Waals surface area contributed by atoms with Crippen LogP contribution < -0.4 is 15.4 Å². The molecule has 0 heterocycles. The fraction of sp³-hybridized carbons (Fsp3) is 0.200. The summed E-state index contributed by atoms with van der Waals surface area (Å²) in [5, 5.41) is 5.61. The predicted molar refractivity (Wildman–Crippen MR) is 117 cm³/mol. The van der Waals surface area contributed by atoms with Crippen LogP contribution >= 0.6 is 0 Å². The van der Waals surface area contributed by atoms with Gasteiger partial charge in [0.05, 0.1) is 6.54 Å². The fourth-order valence-electron chi connectivity index (χ4n) is 3.37. The molecule has 0 saturated carbocycles. The third kappa shape index (κ3) is 6.21. The van der Waals surface area contributed by atoms with E-state index in [1.807, 2.05) is 61.5 Å². The molecule has 3 aromatic carbocycles. The lowest BCUT2D eigenvalue weighted by Crippen LogP contribution is -2.44. The van der Waals surface area contributed by atoms with Crippen molar-refractivity contribution < 1.29 is 14.3 Å². The summed E-state index contributed by atoms with van der Waals surface area (Å²) in [6.07, 6.45) is 0. The minimum atomic E-state index is -0.343. The Kier molecular flexibility index (Phi) is 7.61. The van der Waals surface area contributed by atoms with E-state index < -0.39 is 0 Å². The molecule has 3 rings (SSSR count). The molecule has 0 aliphatic heterocycles. The molecule has 1 unspecified atom stereocenters. The molecule has 0 radical (unpaired) electrons. The second-order valence-corrected chi connectivity index (χ2v) is 7.03. The van der Waals surface area contributed by atoms with Crippen molar-refractivity contribution in [3.63, 3.8) is 0 Å². The summed E-state index contributed by atoms with van der Waals surface area (Å²) < 4.78 is 5.39. The summed E-state index contributed by atoms with van der Waals surface area (Å²) in [4.78, 5) is 24.4. The Morgan fingerprint density at radius 2 is 1.27 bits per heavy atom. The van der Waals surface area contributed by atoms with E-state index in [2.05, 4.69) is 34.9 Å². The van der Waals surface area contributed by atoms with Crippen molar-refractivity contribution in [3.05, 3.63) is 102 Å². The van der Waals surface area contributed by atoms with Crippen LogP contribution in [-0.2, 0) is 9.59 Å². The molecule has 1 atom stereocenters. The first-order chi connectivity index (χ1) is 14.6. The average Bonchev–Trinajstić information content (AvgIpc) is 2.78. The van der Waals surface area contributed by atoms with Gasteiger partial charge in [-0.15, -0.1) is 0 Å². The molecular formula is C25H26N2O3. The van der Waals surface area contributed by atoms with Gasteiger partial charge in [0.2, 0.25) is 5.91 Å². The van der Waals surface area contributed by atoms with Crippen molar-refractivity contribution in [3.8, 4) is 5.75 Å². The lowest BCUT2D eigenvalue weighted by atomic mass is 9.86. The molecule has 30 heavy (non-hydrogen) atoms. The largest absolute Gasteiger partial charge is 0.484 e. The molecular weight excluding hydrogens is 376 g/mol. The van der Waals surface area contributed by atoms with E-state index in [1.54, 1.807) is 12.1 Å². The Bertz CT molecular complexity index is 891. The number of benzene rings is 3. The number of rotatable bonds is 9. The van der Waals surface area contributed by atoms with Gasteiger partial charge in [-0.3, -0.25) is 9.59 Å². The Labute approximate surface area is 177 Å². The molecule has 0 aliphatic carbocycles. The van der Waals surface area contributed by atoms with Gasteiger partial charge in [-0.05, 0) is 30.2 Å². The molecule has 154 valence electrons. The maximum Gasteiger partial charge on any atom is 0.258 e. The molecule has 0 spiro atoms. The molecule has 0 aliphatic rings. The summed E-state index contributed by atoms with van der Waals surface area (Å²) in [5.74, 6) is 0.0319. The van der Waals surface area contributed by atoms with Crippen molar-refractivity contribution >= 4 is 11.8 Å². The van der Waals surface area contributed by atoms with Crippen molar-refractivity contribution in [1.82, 2.24) is 10.6 Å². The first-order valence-corrected chi connectivity index (χ1v) is 9.97. The zero-order valence-corrected chi connectivity index (χ0v) is 17.0. The summed E-state index contributed by atoms with van der Waals surface area (Å²) >= 11 is 0. The zero-order valence-electron chi connectivity index (χ0n) is 17.0. The van der Waals surface area contributed by atoms with E-state index in [9.17, 15) is 9.59 Å². The van der Waals surface area contributed by atoms with Crippen LogP contribution in [0.1, 0.15) is 24.0 Å². The molecule has 0 fully saturated rings. The van der Waals surface area contributed by atoms with Crippen LogP contribution in [0.25, 0.3) is 0 Å². The van der Waals surface area contributed by atoms with Gasteiger partial charge in [0.15, 0.2) is 6.61 Å². The molecule has 0 saturated heterocycles. The van der Waals surface area contributed by atoms with E-state index in [0.29, 0.717) is 5.75 Å². The monoisotopic (exact) mass is 402 g/mol. The van der Waals surface area contributed by atoms with Gasteiger partial charge < -0.3 is 15.4 Å². The second-order valence-electron chi connectivity index (χ2n) is 7.03. The Morgan fingerprint density at radius 3 is 1.80 bits per heavy atom. The van der Waals surface area contributed by atoms with Crippen molar-refractivity contribution in [2.24, 2.45) is 0 Å². The highest BCUT2D eigenvalue weighted by molar-refractivity contribution is 5.85. The number of amides is 2. The van der Waals surface area contributed by atoms with E-state index in [0.717, 1.165) is 11.1 Å². The number of ether oxygens (including phenoxy) is 1. The molecule has 5 heteroatoms. The number of nitrogens with one attached hydrogen (secondary N) is 2. The van der Waals surface area contributed by atoms with Crippen LogP contribution in [-0.4, -0.2) is 31.0 Å². The van der Waals surface area contributed by atoms with Crippen molar-refractivity contribution in [2.45, 2.75) is 18.9 Å². The molecule has 0 aromatic heterocycles. The van der Waals surface area contributed by atoms with Crippen LogP contribution in [0.2, 0.25) is 0 Å². The SMILES string of the molecule is CC(NC(=O)CNC(=O)COc1ccccc1)C(c1ccccc1)c1ccccc1. The first kappa shape index (κ1) is 21.1. The van der Waals surface area contributed by atoms with Gasteiger partial charge in [0, 0.05) is 12.0 Å². The van der Waals surface area contributed by atoms with Crippen LogP contribution in [0.3, 0.4) is 0 Å². The topological polar surface area (TPSA) is 67.4 Å². The minimum Gasteiger partial charge on any atom is -0.484 e. The minimum absolute atomic E-state index is 0.00784.